The zero-order valence-corrected chi connectivity index (χ0v) is 6.51. The highest BCUT2D eigenvalue weighted by Crippen LogP contribution is 2.32. The van der Waals surface area contributed by atoms with E-state index in [1.54, 1.807) is 0 Å². The van der Waals surface area contributed by atoms with Crippen molar-refractivity contribution in [1.29, 1.82) is 0 Å². The van der Waals surface area contributed by atoms with E-state index in [1.165, 1.54) is 12.3 Å². The Kier molecular flexibility index (Phi) is 1.76. The van der Waals surface area contributed by atoms with E-state index in [2.05, 4.69) is 4.98 Å². The molecule has 1 fully saturated rings. The van der Waals surface area contributed by atoms with Crippen molar-refractivity contribution in [1.82, 2.24) is 4.98 Å². The van der Waals surface area contributed by atoms with Crippen molar-refractivity contribution in [2.45, 2.75) is 12.3 Å². The molecule has 0 amide bonds. The SMILES string of the molecule is FC(F)(F)c1ccc(C2CO2)cn1. The van der Waals surface area contributed by atoms with E-state index in [0.29, 0.717) is 12.2 Å². The smallest absolute Gasteiger partial charge is 0.368 e. The molecule has 0 aromatic carbocycles. The molecule has 1 aliphatic heterocycles. The highest BCUT2D eigenvalue weighted by molar-refractivity contribution is 5.20. The quantitative estimate of drug-likeness (QED) is 0.632. The third-order valence-electron chi connectivity index (χ3n) is 1.78. The molecule has 2 nitrogen and oxygen atoms in total. The fourth-order valence-electron chi connectivity index (χ4n) is 1.00. The lowest BCUT2D eigenvalue weighted by Crippen LogP contribution is -2.07. The molecule has 0 spiro atoms. The lowest BCUT2D eigenvalue weighted by molar-refractivity contribution is -0.141. The lowest BCUT2D eigenvalue weighted by atomic mass is 10.2. The topological polar surface area (TPSA) is 25.4 Å². The molecule has 0 bridgehead atoms. The first-order valence-corrected chi connectivity index (χ1v) is 3.72. The Morgan fingerprint density at radius 1 is 1.38 bits per heavy atom. The maximum absolute atomic E-state index is 12.0. The first kappa shape index (κ1) is 8.50. The molecule has 0 N–H and O–H groups in total. The number of pyridine rings is 1. The summed E-state index contributed by atoms with van der Waals surface area (Å²) in [5.41, 5.74) is -0.162. The van der Waals surface area contributed by atoms with Crippen molar-refractivity contribution in [3.8, 4) is 0 Å². The van der Waals surface area contributed by atoms with Gasteiger partial charge in [0.05, 0.1) is 6.61 Å². The van der Waals surface area contributed by atoms with Crippen molar-refractivity contribution in [3.63, 3.8) is 0 Å². The predicted molar refractivity (Wildman–Crippen MR) is 37.9 cm³/mol. The first-order valence-electron chi connectivity index (χ1n) is 3.72. The van der Waals surface area contributed by atoms with Crippen LogP contribution in [0.15, 0.2) is 18.3 Å². The van der Waals surface area contributed by atoms with Crippen LogP contribution in [0.25, 0.3) is 0 Å². The molecule has 1 aromatic heterocycles. The van der Waals surface area contributed by atoms with E-state index >= 15 is 0 Å². The van der Waals surface area contributed by atoms with Crippen LogP contribution in [-0.4, -0.2) is 11.6 Å². The van der Waals surface area contributed by atoms with Crippen LogP contribution >= 0.6 is 0 Å². The van der Waals surface area contributed by atoms with Crippen LogP contribution in [0, 0.1) is 0 Å². The Labute approximate surface area is 72.4 Å². The number of rotatable bonds is 1. The standard InChI is InChI=1S/C8H6F3NO/c9-8(10,11)7-2-1-5(3-12-7)6-4-13-6/h1-3,6H,4H2. The number of hydrogen-bond donors (Lipinski definition) is 0. The summed E-state index contributed by atoms with van der Waals surface area (Å²) >= 11 is 0. The summed E-state index contributed by atoms with van der Waals surface area (Å²) in [6.07, 6.45) is -3.20. The lowest BCUT2D eigenvalue weighted by Gasteiger charge is -2.04. The Balaban J connectivity index is 2.22. The van der Waals surface area contributed by atoms with Gasteiger partial charge in [0, 0.05) is 11.8 Å². The Morgan fingerprint density at radius 2 is 2.08 bits per heavy atom. The molecule has 0 saturated carbocycles. The fourth-order valence-corrected chi connectivity index (χ4v) is 1.00. The summed E-state index contributed by atoms with van der Waals surface area (Å²) in [4.78, 5) is 3.31. The molecule has 70 valence electrons. The van der Waals surface area contributed by atoms with Gasteiger partial charge in [0.1, 0.15) is 11.8 Å². The van der Waals surface area contributed by atoms with Gasteiger partial charge >= 0.3 is 6.18 Å². The Morgan fingerprint density at radius 3 is 2.46 bits per heavy atom. The van der Waals surface area contributed by atoms with Crippen molar-refractivity contribution in [3.05, 3.63) is 29.6 Å². The summed E-state index contributed by atoms with van der Waals surface area (Å²) in [7, 11) is 0. The number of aromatic nitrogens is 1. The van der Waals surface area contributed by atoms with Gasteiger partial charge in [0.15, 0.2) is 0 Å². The number of hydrogen-bond acceptors (Lipinski definition) is 2. The average Bonchev–Trinajstić information content (AvgIpc) is 2.85. The second-order valence-electron chi connectivity index (χ2n) is 2.80. The molecular weight excluding hydrogens is 183 g/mol. The summed E-state index contributed by atoms with van der Waals surface area (Å²) < 4.78 is 41.0. The highest BCUT2D eigenvalue weighted by Gasteiger charge is 2.33. The summed E-state index contributed by atoms with van der Waals surface area (Å²) in [6.45, 7) is 0.576. The van der Waals surface area contributed by atoms with E-state index in [0.717, 1.165) is 6.07 Å². The van der Waals surface area contributed by atoms with Gasteiger partial charge in [0.2, 0.25) is 0 Å². The minimum atomic E-state index is -4.36. The summed E-state index contributed by atoms with van der Waals surface area (Å²) in [6, 6.07) is 2.37. The van der Waals surface area contributed by atoms with Gasteiger partial charge in [0.25, 0.3) is 0 Å². The molecule has 0 aliphatic carbocycles. The number of ether oxygens (including phenoxy) is 1. The van der Waals surface area contributed by atoms with Crippen LogP contribution in [0.1, 0.15) is 17.4 Å². The van der Waals surface area contributed by atoms with Gasteiger partial charge < -0.3 is 4.74 Å². The monoisotopic (exact) mass is 189 g/mol. The van der Waals surface area contributed by atoms with Crippen LogP contribution in [0.4, 0.5) is 13.2 Å². The molecule has 1 unspecified atom stereocenters. The van der Waals surface area contributed by atoms with Gasteiger partial charge in [-0.05, 0) is 6.07 Å². The molecule has 2 heterocycles. The van der Waals surface area contributed by atoms with Gasteiger partial charge in [-0.2, -0.15) is 13.2 Å². The number of alkyl halides is 3. The fraction of sp³-hybridized carbons (Fsp3) is 0.375. The van der Waals surface area contributed by atoms with E-state index in [-0.39, 0.29) is 6.10 Å². The second kappa shape index (κ2) is 2.70. The predicted octanol–water partition coefficient (Wildman–Crippen LogP) is 2.17. The maximum atomic E-state index is 12.0. The normalized spacial score (nSPS) is 21.6. The van der Waals surface area contributed by atoms with Crippen molar-refractivity contribution in [2.24, 2.45) is 0 Å². The Hall–Kier alpha value is -1.10. The molecule has 2 rings (SSSR count). The van der Waals surface area contributed by atoms with E-state index in [4.69, 9.17) is 4.74 Å². The molecular formula is C8H6F3NO. The molecule has 5 heteroatoms. The minimum Gasteiger partial charge on any atom is -0.368 e. The van der Waals surface area contributed by atoms with Crippen LogP contribution in [0.5, 0.6) is 0 Å². The van der Waals surface area contributed by atoms with Crippen LogP contribution in [0.2, 0.25) is 0 Å². The van der Waals surface area contributed by atoms with Crippen molar-refractivity contribution < 1.29 is 17.9 Å². The molecule has 13 heavy (non-hydrogen) atoms. The largest absolute Gasteiger partial charge is 0.433 e. The zero-order chi connectivity index (χ0) is 9.47. The van der Waals surface area contributed by atoms with Crippen molar-refractivity contribution in [2.75, 3.05) is 6.61 Å². The van der Waals surface area contributed by atoms with Gasteiger partial charge in [-0.3, -0.25) is 4.98 Å². The minimum absolute atomic E-state index is 0.0465. The van der Waals surface area contributed by atoms with Gasteiger partial charge in [-0.1, -0.05) is 6.07 Å². The van der Waals surface area contributed by atoms with Crippen LogP contribution in [0.3, 0.4) is 0 Å². The first-order chi connectivity index (χ1) is 6.07. The second-order valence-corrected chi connectivity index (χ2v) is 2.80. The maximum Gasteiger partial charge on any atom is 0.433 e. The number of halogens is 3. The van der Waals surface area contributed by atoms with Gasteiger partial charge in [-0.15, -0.1) is 0 Å². The molecule has 1 aliphatic rings. The molecule has 1 aromatic rings. The van der Waals surface area contributed by atoms with E-state index in [1.807, 2.05) is 0 Å². The van der Waals surface area contributed by atoms with Crippen LogP contribution < -0.4 is 0 Å². The van der Waals surface area contributed by atoms with Gasteiger partial charge in [-0.25, -0.2) is 0 Å². The molecule has 0 radical (unpaired) electrons. The van der Waals surface area contributed by atoms with Crippen molar-refractivity contribution >= 4 is 0 Å². The Bertz CT molecular complexity index is 302. The summed E-state index contributed by atoms with van der Waals surface area (Å²) in [5, 5.41) is 0. The molecule has 1 saturated heterocycles. The third kappa shape index (κ3) is 1.80. The average molecular weight is 189 g/mol. The third-order valence-corrected chi connectivity index (χ3v) is 1.78. The highest BCUT2D eigenvalue weighted by atomic mass is 19.4. The number of nitrogens with zero attached hydrogens (tertiary/aromatic N) is 1. The van der Waals surface area contributed by atoms with E-state index < -0.39 is 11.9 Å². The number of epoxide rings is 1. The molecule has 1 atom stereocenters. The van der Waals surface area contributed by atoms with Crippen LogP contribution in [-0.2, 0) is 10.9 Å². The summed E-state index contributed by atoms with van der Waals surface area (Å²) in [5.74, 6) is 0. The van der Waals surface area contributed by atoms with E-state index in [9.17, 15) is 13.2 Å². The zero-order valence-electron chi connectivity index (χ0n) is 6.51.